The molecule has 0 aliphatic carbocycles. The van der Waals surface area contributed by atoms with Gasteiger partial charge in [0, 0.05) is 23.9 Å². The first-order valence-electron chi connectivity index (χ1n) is 7.90. The summed E-state index contributed by atoms with van der Waals surface area (Å²) >= 11 is 0. The maximum atomic E-state index is 13.8. The van der Waals surface area contributed by atoms with Crippen LogP contribution in [0.2, 0.25) is 0 Å². The first kappa shape index (κ1) is 16.8. The first-order valence-corrected chi connectivity index (χ1v) is 7.90. The second-order valence-corrected chi connectivity index (χ2v) is 5.74. The molecule has 0 fully saturated rings. The topological polar surface area (TPSA) is 49.8 Å². The van der Waals surface area contributed by atoms with Crippen molar-refractivity contribution in [3.63, 3.8) is 0 Å². The zero-order valence-electron chi connectivity index (χ0n) is 13.9. The molecule has 1 aromatic heterocycles. The van der Waals surface area contributed by atoms with Crippen LogP contribution in [0.5, 0.6) is 0 Å². The van der Waals surface area contributed by atoms with Crippen molar-refractivity contribution in [2.24, 2.45) is 0 Å². The van der Waals surface area contributed by atoms with Crippen LogP contribution in [-0.4, -0.2) is 9.97 Å². The fourth-order valence-electron chi connectivity index (χ4n) is 2.46. The smallest absolute Gasteiger partial charge is 0.229 e. The zero-order valence-corrected chi connectivity index (χ0v) is 13.9. The van der Waals surface area contributed by atoms with Crippen molar-refractivity contribution in [1.29, 1.82) is 0 Å². The summed E-state index contributed by atoms with van der Waals surface area (Å²) in [7, 11) is 0. The number of halogens is 2. The number of nitrogens with zero attached hydrogens (tertiary/aromatic N) is 2. The molecule has 0 amide bonds. The lowest BCUT2D eigenvalue weighted by Gasteiger charge is -2.16. The van der Waals surface area contributed by atoms with Crippen LogP contribution in [0.1, 0.15) is 24.2 Å². The molecule has 25 heavy (non-hydrogen) atoms. The van der Waals surface area contributed by atoms with Gasteiger partial charge in [0.05, 0.1) is 5.69 Å². The highest BCUT2D eigenvalue weighted by atomic mass is 19.1. The van der Waals surface area contributed by atoms with Crippen molar-refractivity contribution in [3.8, 4) is 0 Å². The lowest BCUT2D eigenvalue weighted by molar-refractivity contribution is 0.586. The van der Waals surface area contributed by atoms with Crippen molar-refractivity contribution < 1.29 is 8.78 Å². The van der Waals surface area contributed by atoms with Crippen LogP contribution in [0.25, 0.3) is 0 Å². The van der Waals surface area contributed by atoms with E-state index in [0.717, 1.165) is 17.3 Å². The molecular weight excluding hydrogens is 322 g/mol. The van der Waals surface area contributed by atoms with Gasteiger partial charge in [0.25, 0.3) is 0 Å². The van der Waals surface area contributed by atoms with Gasteiger partial charge in [-0.2, -0.15) is 4.98 Å². The second kappa shape index (κ2) is 7.25. The van der Waals surface area contributed by atoms with Crippen molar-refractivity contribution in [2.75, 3.05) is 10.6 Å². The summed E-state index contributed by atoms with van der Waals surface area (Å²) in [5.74, 6) is -0.466. The van der Waals surface area contributed by atoms with Crippen LogP contribution >= 0.6 is 0 Å². The Morgan fingerprint density at radius 3 is 2.44 bits per heavy atom. The van der Waals surface area contributed by atoms with Crippen LogP contribution in [0, 0.1) is 18.6 Å². The zero-order chi connectivity index (χ0) is 17.8. The molecule has 1 heterocycles. The molecule has 1 atom stereocenters. The van der Waals surface area contributed by atoms with Crippen LogP contribution in [0.4, 0.5) is 26.2 Å². The van der Waals surface area contributed by atoms with Crippen LogP contribution in [-0.2, 0) is 0 Å². The quantitative estimate of drug-likeness (QED) is 0.688. The van der Waals surface area contributed by atoms with Crippen LogP contribution in [0.15, 0.2) is 54.6 Å². The van der Waals surface area contributed by atoms with Gasteiger partial charge in [0.2, 0.25) is 5.95 Å². The Bertz CT molecular complexity index is 869. The monoisotopic (exact) mass is 340 g/mol. The molecule has 0 aliphatic heterocycles. The van der Waals surface area contributed by atoms with E-state index in [9.17, 15) is 8.78 Å². The Hall–Kier alpha value is -3.02. The molecule has 1 unspecified atom stereocenters. The molecule has 0 saturated heterocycles. The van der Waals surface area contributed by atoms with Gasteiger partial charge in [-0.3, -0.25) is 0 Å². The standard InChI is InChI=1S/C19H18F2N4/c1-12-10-18(23-13(2)14-6-4-3-5-7-14)25-19(22-12)24-17-9-8-15(20)11-16(17)21/h3-11,13H,1-2H3,(H2,22,23,24,25). The van der Waals surface area contributed by atoms with Gasteiger partial charge in [-0.05, 0) is 31.5 Å². The molecule has 0 spiro atoms. The molecule has 6 heteroatoms. The first-order chi connectivity index (χ1) is 12.0. The fourth-order valence-corrected chi connectivity index (χ4v) is 2.46. The summed E-state index contributed by atoms with van der Waals surface area (Å²) in [6.45, 7) is 3.85. The van der Waals surface area contributed by atoms with Crippen molar-refractivity contribution in [2.45, 2.75) is 19.9 Å². The highest BCUT2D eigenvalue weighted by molar-refractivity contribution is 5.56. The van der Waals surface area contributed by atoms with E-state index in [-0.39, 0.29) is 17.7 Å². The van der Waals surface area contributed by atoms with E-state index < -0.39 is 11.6 Å². The SMILES string of the molecule is Cc1cc(NC(C)c2ccccc2)nc(Nc2ccc(F)cc2F)n1. The van der Waals surface area contributed by atoms with Gasteiger partial charge < -0.3 is 10.6 Å². The Morgan fingerprint density at radius 2 is 1.72 bits per heavy atom. The number of hydrogen-bond donors (Lipinski definition) is 2. The Kier molecular flexibility index (Phi) is 4.88. The molecule has 4 nitrogen and oxygen atoms in total. The number of hydrogen-bond acceptors (Lipinski definition) is 4. The number of aromatic nitrogens is 2. The number of aryl methyl sites for hydroxylation is 1. The minimum absolute atomic E-state index is 0.0471. The molecule has 3 rings (SSSR count). The average molecular weight is 340 g/mol. The lowest BCUT2D eigenvalue weighted by atomic mass is 10.1. The van der Waals surface area contributed by atoms with E-state index in [2.05, 4.69) is 20.6 Å². The third-order valence-corrected chi connectivity index (χ3v) is 3.70. The van der Waals surface area contributed by atoms with Gasteiger partial charge in [0.1, 0.15) is 17.5 Å². The molecule has 128 valence electrons. The third kappa shape index (κ3) is 4.29. The molecule has 2 aromatic carbocycles. The minimum atomic E-state index is -0.697. The van der Waals surface area contributed by atoms with Gasteiger partial charge in [0.15, 0.2) is 0 Å². The number of nitrogens with one attached hydrogen (secondary N) is 2. The summed E-state index contributed by atoms with van der Waals surface area (Å²) in [6.07, 6.45) is 0. The Balaban J connectivity index is 1.80. The van der Waals surface area contributed by atoms with Crippen molar-refractivity contribution >= 4 is 17.5 Å². The van der Waals surface area contributed by atoms with E-state index in [1.165, 1.54) is 12.1 Å². The number of rotatable bonds is 5. The largest absolute Gasteiger partial charge is 0.363 e. The summed E-state index contributed by atoms with van der Waals surface area (Å²) in [5.41, 5.74) is 1.97. The number of benzene rings is 2. The van der Waals surface area contributed by atoms with Gasteiger partial charge >= 0.3 is 0 Å². The third-order valence-electron chi connectivity index (χ3n) is 3.70. The highest BCUT2D eigenvalue weighted by Gasteiger charge is 2.10. The minimum Gasteiger partial charge on any atom is -0.363 e. The predicted octanol–water partition coefficient (Wildman–Crippen LogP) is 4.98. The Labute approximate surface area is 145 Å². The van der Waals surface area contributed by atoms with E-state index in [1.54, 1.807) is 0 Å². The maximum absolute atomic E-state index is 13.8. The summed E-state index contributed by atoms with van der Waals surface area (Å²) in [5, 5.41) is 6.09. The van der Waals surface area contributed by atoms with Crippen LogP contribution < -0.4 is 10.6 Å². The van der Waals surface area contributed by atoms with E-state index >= 15 is 0 Å². The van der Waals surface area contributed by atoms with Crippen LogP contribution in [0.3, 0.4) is 0 Å². The summed E-state index contributed by atoms with van der Waals surface area (Å²) in [4.78, 5) is 8.61. The molecule has 0 bridgehead atoms. The van der Waals surface area contributed by atoms with E-state index in [0.29, 0.717) is 5.82 Å². The Morgan fingerprint density at radius 1 is 0.960 bits per heavy atom. The highest BCUT2D eigenvalue weighted by Crippen LogP contribution is 2.22. The van der Waals surface area contributed by atoms with Gasteiger partial charge in [-0.25, -0.2) is 13.8 Å². The molecule has 0 saturated carbocycles. The average Bonchev–Trinajstić information content (AvgIpc) is 2.58. The molecule has 0 aliphatic rings. The molecular formula is C19H18F2N4. The molecule has 3 aromatic rings. The predicted molar refractivity (Wildman–Crippen MR) is 94.9 cm³/mol. The molecule has 2 N–H and O–H groups in total. The normalized spacial score (nSPS) is 11.8. The number of anilines is 3. The van der Waals surface area contributed by atoms with E-state index in [4.69, 9.17) is 0 Å². The summed E-state index contributed by atoms with van der Waals surface area (Å²) < 4.78 is 26.8. The van der Waals surface area contributed by atoms with Gasteiger partial charge in [-0.15, -0.1) is 0 Å². The van der Waals surface area contributed by atoms with E-state index in [1.807, 2.05) is 50.2 Å². The summed E-state index contributed by atoms with van der Waals surface area (Å²) in [6, 6.07) is 15.1. The van der Waals surface area contributed by atoms with Gasteiger partial charge in [-0.1, -0.05) is 30.3 Å². The second-order valence-electron chi connectivity index (χ2n) is 5.74. The maximum Gasteiger partial charge on any atom is 0.229 e. The van der Waals surface area contributed by atoms with Crippen molar-refractivity contribution in [1.82, 2.24) is 9.97 Å². The fraction of sp³-hybridized carbons (Fsp3) is 0.158. The lowest BCUT2D eigenvalue weighted by Crippen LogP contribution is -2.10. The van der Waals surface area contributed by atoms with Crippen molar-refractivity contribution in [3.05, 3.63) is 77.5 Å². The molecule has 0 radical (unpaired) electrons.